The Bertz CT molecular complexity index is 424. The van der Waals surface area contributed by atoms with Gasteiger partial charge < -0.3 is 10.2 Å². The Morgan fingerprint density at radius 3 is 2.32 bits per heavy atom. The average Bonchev–Trinajstić information content (AvgIpc) is 3.26. The molecule has 0 aromatic heterocycles. The fraction of sp³-hybridized carbons (Fsp3) is 0.625. The van der Waals surface area contributed by atoms with E-state index < -0.39 is 0 Å². The fourth-order valence-electron chi connectivity index (χ4n) is 2.69. The van der Waals surface area contributed by atoms with Gasteiger partial charge in [-0.25, -0.2) is 4.39 Å². The molecule has 0 aliphatic heterocycles. The molecule has 1 aromatic rings. The van der Waals surface area contributed by atoms with Crippen molar-refractivity contribution < 1.29 is 4.39 Å². The van der Waals surface area contributed by atoms with Crippen LogP contribution < -0.4 is 10.2 Å². The molecule has 2 aliphatic carbocycles. The van der Waals surface area contributed by atoms with Gasteiger partial charge in [-0.3, -0.25) is 0 Å². The minimum atomic E-state index is -0.0801. The highest BCUT2D eigenvalue weighted by Gasteiger charge is 2.30. The molecule has 1 aromatic carbocycles. The van der Waals surface area contributed by atoms with E-state index in [9.17, 15) is 4.39 Å². The molecule has 2 saturated carbocycles. The molecule has 2 aliphatic rings. The molecule has 0 amide bonds. The fourth-order valence-corrected chi connectivity index (χ4v) is 2.69. The van der Waals surface area contributed by atoms with Gasteiger partial charge in [0.25, 0.3) is 0 Å². The van der Waals surface area contributed by atoms with Gasteiger partial charge in [-0.05, 0) is 56.7 Å². The van der Waals surface area contributed by atoms with E-state index in [0.717, 1.165) is 36.2 Å². The summed E-state index contributed by atoms with van der Waals surface area (Å²) in [5.74, 6) is 1.59. The van der Waals surface area contributed by atoms with Crippen LogP contribution in [0.25, 0.3) is 0 Å². The van der Waals surface area contributed by atoms with Gasteiger partial charge in [0.1, 0.15) is 5.82 Å². The molecule has 0 atom stereocenters. The van der Waals surface area contributed by atoms with Gasteiger partial charge in [-0.1, -0.05) is 6.07 Å². The third-order valence-corrected chi connectivity index (χ3v) is 4.14. The van der Waals surface area contributed by atoms with Crippen molar-refractivity contribution in [1.29, 1.82) is 0 Å². The van der Waals surface area contributed by atoms with Crippen LogP contribution in [0.15, 0.2) is 18.2 Å². The molecule has 19 heavy (non-hydrogen) atoms. The number of hydrogen-bond acceptors (Lipinski definition) is 2. The van der Waals surface area contributed by atoms with E-state index in [1.165, 1.54) is 25.7 Å². The minimum absolute atomic E-state index is 0.0801. The molecule has 2 fully saturated rings. The molecule has 3 rings (SSSR count). The zero-order valence-electron chi connectivity index (χ0n) is 11.7. The zero-order valence-corrected chi connectivity index (χ0v) is 11.7. The first-order valence-corrected chi connectivity index (χ1v) is 7.45. The predicted molar refractivity (Wildman–Crippen MR) is 76.8 cm³/mol. The molecular formula is C16H23FN2. The van der Waals surface area contributed by atoms with Gasteiger partial charge in [-0.2, -0.15) is 0 Å². The van der Waals surface area contributed by atoms with Crippen LogP contribution in [0.2, 0.25) is 0 Å². The first kappa shape index (κ1) is 12.9. The number of anilines is 1. The highest BCUT2D eigenvalue weighted by atomic mass is 19.1. The molecule has 0 radical (unpaired) electrons. The second-order valence-electron chi connectivity index (χ2n) is 6.06. The van der Waals surface area contributed by atoms with E-state index in [1.54, 1.807) is 6.07 Å². The van der Waals surface area contributed by atoms with Gasteiger partial charge in [0, 0.05) is 30.9 Å². The van der Waals surface area contributed by atoms with Crippen molar-refractivity contribution in [2.45, 2.75) is 32.2 Å². The molecule has 104 valence electrons. The topological polar surface area (TPSA) is 15.3 Å². The summed E-state index contributed by atoms with van der Waals surface area (Å²) in [6.45, 7) is 2.82. The van der Waals surface area contributed by atoms with Crippen LogP contribution in [-0.2, 0) is 6.54 Å². The minimum Gasteiger partial charge on any atom is -0.371 e. The van der Waals surface area contributed by atoms with Crippen molar-refractivity contribution in [3.05, 3.63) is 29.6 Å². The number of halogens is 1. The van der Waals surface area contributed by atoms with Gasteiger partial charge in [0.05, 0.1) is 0 Å². The molecular weight excluding hydrogens is 239 g/mol. The molecule has 0 saturated heterocycles. The molecule has 0 heterocycles. The van der Waals surface area contributed by atoms with Crippen molar-refractivity contribution in [1.82, 2.24) is 5.32 Å². The summed E-state index contributed by atoms with van der Waals surface area (Å²) in [6.07, 6.45) is 5.38. The van der Waals surface area contributed by atoms with Crippen LogP contribution in [0.5, 0.6) is 0 Å². The van der Waals surface area contributed by atoms with Crippen molar-refractivity contribution >= 4 is 5.69 Å². The van der Waals surface area contributed by atoms with Crippen molar-refractivity contribution in [3.8, 4) is 0 Å². The standard InChI is InChI=1S/C16H23FN2/c1-18-9-14-15(17)3-2-4-16(14)19(10-12-5-6-12)11-13-7-8-13/h2-4,12-13,18H,5-11H2,1H3. The third-order valence-electron chi connectivity index (χ3n) is 4.14. The summed E-state index contributed by atoms with van der Waals surface area (Å²) in [4.78, 5) is 2.44. The lowest BCUT2D eigenvalue weighted by atomic mass is 10.1. The number of nitrogens with one attached hydrogen (secondary N) is 1. The monoisotopic (exact) mass is 262 g/mol. The van der Waals surface area contributed by atoms with Crippen LogP contribution in [-0.4, -0.2) is 20.1 Å². The smallest absolute Gasteiger partial charge is 0.129 e. The van der Waals surface area contributed by atoms with E-state index in [1.807, 2.05) is 13.1 Å². The SMILES string of the molecule is CNCc1c(F)cccc1N(CC1CC1)CC1CC1. The second-order valence-corrected chi connectivity index (χ2v) is 6.06. The van der Waals surface area contributed by atoms with Crippen LogP contribution in [0.1, 0.15) is 31.2 Å². The van der Waals surface area contributed by atoms with E-state index in [-0.39, 0.29) is 5.82 Å². The molecule has 0 unspecified atom stereocenters. The van der Waals surface area contributed by atoms with Crippen LogP contribution in [0, 0.1) is 17.7 Å². The van der Waals surface area contributed by atoms with Crippen molar-refractivity contribution in [3.63, 3.8) is 0 Å². The highest BCUT2D eigenvalue weighted by Crippen LogP contribution is 2.37. The number of hydrogen-bond donors (Lipinski definition) is 1. The maximum absolute atomic E-state index is 14.0. The van der Waals surface area contributed by atoms with E-state index >= 15 is 0 Å². The molecule has 0 bridgehead atoms. The van der Waals surface area contributed by atoms with Crippen LogP contribution >= 0.6 is 0 Å². The largest absolute Gasteiger partial charge is 0.371 e. The summed E-state index contributed by atoms with van der Waals surface area (Å²) in [5.41, 5.74) is 1.93. The van der Waals surface area contributed by atoms with Gasteiger partial charge in [0.15, 0.2) is 0 Å². The number of benzene rings is 1. The van der Waals surface area contributed by atoms with Crippen LogP contribution in [0.3, 0.4) is 0 Å². The summed E-state index contributed by atoms with van der Waals surface area (Å²) in [7, 11) is 1.88. The average molecular weight is 262 g/mol. The van der Waals surface area contributed by atoms with Crippen molar-refractivity contribution in [2.75, 3.05) is 25.0 Å². The normalized spacial score (nSPS) is 18.6. The first-order chi connectivity index (χ1) is 9.28. The summed E-state index contributed by atoms with van der Waals surface area (Å²) in [6, 6.07) is 5.50. The molecule has 1 N–H and O–H groups in total. The van der Waals surface area contributed by atoms with Gasteiger partial charge >= 0.3 is 0 Å². The lowest BCUT2D eigenvalue weighted by molar-refractivity contribution is 0.594. The number of rotatable bonds is 7. The van der Waals surface area contributed by atoms with E-state index in [0.29, 0.717) is 6.54 Å². The van der Waals surface area contributed by atoms with E-state index in [4.69, 9.17) is 0 Å². The Balaban J connectivity index is 1.83. The Kier molecular flexibility index (Phi) is 3.74. The summed E-state index contributed by atoms with van der Waals surface area (Å²) < 4.78 is 14.0. The maximum Gasteiger partial charge on any atom is 0.129 e. The Morgan fingerprint density at radius 1 is 1.16 bits per heavy atom. The zero-order chi connectivity index (χ0) is 13.2. The summed E-state index contributed by atoms with van der Waals surface area (Å²) >= 11 is 0. The first-order valence-electron chi connectivity index (χ1n) is 7.45. The Hall–Kier alpha value is -1.09. The molecule has 2 nitrogen and oxygen atoms in total. The summed E-state index contributed by atoms with van der Waals surface area (Å²) in [5, 5.41) is 3.09. The van der Waals surface area contributed by atoms with Crippen molar-refractivity contribution in [2.24, 2.45) is 11.8 Å². The van der Waals surface area contributed by atoms with Gasteiger partial charge in [-0.15, -0.1) is 0 Å². The predicted octanol–water partition coefficient (Wildman–Crippen LogP) is 3.17. The highest BCUT2D eigenvalue weighted by molar-refractivity contribution is 5.54. The maximum atomic E-state index is 14.0. The quantitative estimate of drug-likeness (QED) is 0.812. The second kappa shape index (κ2) is 5.49. The Labute approximate surface area is 115 Å². The third kappa shape index (κ3) is 3.27. The van der Waals surface area contributed by atoms with E-state index in [2.05, 4.69) is 16.3 Å². The lowest BCUT2D eigenvalue weighted by Crippen LogP contribution is -2.30. The van der Waals surface area contributed by atoms with Gasteiger partial charge in [0.2, 0.25) is 0 Å². The Morgan fingerprint density at radius 2 is 1.79 bits per heavy atom. The number of nitrogens with zero attached hydrogens (tertiary/aromatic N) is 1. The van der Waals surface area contributed by atoms with Crippen LogP contribution in [0.4, 0.5) is 10.1 Å². The lowest BCUT2D eigenvalue weighted by Gasteiger charge is -2.27. The molecule has 3 heteroatoms. The molecule has 0 spiro atoms.